The van der Waals surface area contributed by atoms with Crippen molar-refractivity contribution in [1.29, 1.82) is 0 Å². The first-order chi connectivity index (χ1) is 10.5. The molecule has 2 fully saturated rings. The van der Waals surface area contributed by atoms with Crippen LogP contribution in [0.4, 0.5) is 4.39 Å². The van der Waals surface area contributed by atoms with Gasteiger partial charge in [0.05, 0.1) is 0 Å². The molecule has 1 aromatic carbocycles. The predicted octanol–water partition coefficient (Wildman–Crippen LogP) is 1.82. The number of carbonyl (C=O) groups is 1. The van der Waals surface area contributed by atoms with Gasteiger partial charge in [0.15, 0.2) is 0 Å². The molecule has 22 heavy (non-hydrogen) atoms. The van der Waals surface area contributed by atoms with E-state index in [1.165, 1.54) is 12.1 Å². The number of benzene rings is 1. The summed E-state index contributed by atoms with van der Waals surface area (Å²) in [5, 5.41) is 3.08. The van der Waals surface area contributed by atoms with Gasteiger partial charge in [-0.05, 0) is 55.5 Å². The normalized spacial score (nSPS) is 26.9. The van der Waals surface area contributed by atoms with Gasteiger partial charge < -0.3 is 11.1 Å². The van der Waals surface area contributed by atoms with Gasteiger partial charge in [-0.1, -0.05) is 19.1 Å². The highest BCUT2D eigenvalue weighted by atomic mass is 19.1. The SMILES string of the molecule is CC1(CN)CCN(C(C(=O)NC2CC2)c2ccc(F)cc2)C1. The second-order valence-corrected chi connectivity index (χ2v) is 6.97. The van der Waals surface area contributed by atoms with Crippen molar-refractivity contribution in [2.24, 2.45) is 11.1 Å². The first kappa shape index (κ1) is 15.4. The van der Waals surface area contributed by atoms with Gasteiger partial charge in [0.1, 0.15) is 11.9 Å². The Morgan fingerprint density at radius 1 is 1.45 bits per heavy atom. The molecular formula is C17H24FN3O. The molecule has 0 aromatic heterocycles. The van der Waals surface area contributed by atoms with E-state index in [1.54, 1.807) is 12.1 Å². The largest absolute Gasteiger partial charge is 0.352 e. The third kappa shape index (κ3) is 3.31. The Kier molecular flexibility index (Phi) is 4.19. The lowest BCUT2D eigenvalue weighted by atomic mass is 9.90. The van der Waals surface area contributed by atoms with Crippen LogP contribution in [-0.2, 0) is 4.79 Å². The molecule has 1 aliphatic carbocycles. The Morgan fingerprint density at radius 3 is 2.68 bits per heavy atom. The molecular weight excluding hydrogens is 281 g/mol. The van der Waals surface area contributed by atoms with Crippen LogP contribution in [0.5, 0.6) is 0 Å². The number of halogens is 1. The van der Waals surface area contributed by atoms with Gasteiger partial charge in [0.25, 0.3) is 0 Å². The zero-order chi connectivity index (χ0) is 15.7. The van der Waals surface area contributed by atoms with Crippen molar-refractivity contribution in [2.75, 3.05) is 19.6 Å². The Balaban J connectivity index is 1.82. The first-order valence-corrected chi connectivity index (χ1v) is 8.01. The molecule has 1 aliphatic heterocycles. The summed E-state index contributed by atoms with van der Waals surface area (Å²) in [7, 11) is 0. The second-order valence-electron chi connectivity index (χ2n) is 6.97. The number of nitrogens with one attached hydrogen (secondary N) is 1. The van der Waals surface area contributed by atoms with Crippen molar-refractivity contribution >= 4 is 5.91 Å². The van der Waals surface area contributed by atoms with Gasteiger partial charge in [-0.15, -0.1) is 0 Å². The van der Waals surface area contributed by atoms with E-state index in [1.807, 2.05) is 0 Å². The molecule has 1 amide bonds. The summed E-state index contributed by atoms with van der Waals surface area (Å²) in [5.41, 5.74) is 6.78. The van der Waals surface area contributed by atoms with E-state index in [-0.39, 0.29) is 23.2 Å². The minimum Gasteiger partial charge on any atom is -0.352 e. The summed E-state index contributed by atoms with van der Waals surface area (Å²) in [6.45, 7) is 4.41. The lowest BCUT2D eigenvalue weighted by Crippen LogP contribution is -2.42. The van der Waals surface area contributed by atoms with Crippen molar-refractivity contribution in [3.8, 4) is 0 Å². The number of amides is 1. The molecule has 1 heterocycles. The number of likely N-dealkylation sites (tertiary alicyclic amines) is 1. The molecule has 0 radical (unpaired) electrons. The van der Waals surface area contributed by atoms with Gasteiger partial charge in [0.2, 0.25) is 5.91 Å². The van der Waals surface area contributed by atoms with Crippen LogP contribution < -0.4 is 11.1 Å². The Morgan fingerprint density at radius 2 is 2.14 bits per heavy atom. The van der Waals surface area contributed by atoms with Gasteiger partial charge in [-0.3, -0.25) is 9.69 Å². The number of carbonyl (C=O) groups excluding carboxylic acids is 1. The monoisotopic (exact) mass is 305 g/mol. The number of rotatable bonds is 5. The van der Waals surface area contributed by atoms with Crippen LogP contribution in [-0.4, -0.2) is 36.5 Å². The minimum atomic E-state index is -0.352. The third-order valence-electron chi connectivity index (χ3n) is 4.80. The van der Waals surface area contributed by atoms with Crippen molar-refractivity contribution in [3.63, 3.8) is 0 Å². The molecule has 1 saturated heterocycles. The number of hydrogen-bond donors (Lipinski definition) is 2. The third-order valence-corrected chi connectivity index (χ3v) is 4.80. The fourth-order valence-corrected chi connectivity index (χ4v) is 3.13. The molecule has 2 unspecified atom stereocenters. The van der Waals surface area contributed by atoms with Crippen molar-refractivity contribution < 1.29 is 9.18 Å². The zero-order valence-electron chi connectivity index (χ0n) is 13.0. The standard InChI is InChI=1S/C17H24FN3O/c1-17(10-19)8-9-21(11-17)15(16(22)20-14-6-7-14)12-2-4-13(18)5-3-12/h2-5,14-15H,6-11,19H2,1H3,(H,20,22). The molecule has 2 atom stereocenters. The van der Waals surface area contributed by atoms with Gasteiger partial charge >= 0.3 is 0 Å². The van der Waals surface area contributed by atoms with E-state index < -0.39 is 0 Å². The number of nitrogens with zero attached hydrogens (tertiary/aromatic N) is 1. The maximum absolute atomic E-state index is 13.2. The molecule has 0 bridgehead atoms. The van der Waals surface area contributed by atoms with Crippen LogP contribution in [0, 0.1) is 11.2 Å². The van der Waals surface area contributed by atoms with Gasteiger partial charge in [-0.25, -0.2) is 4.39 Å². The maximum Gasteiger partial charge on any atom is 0.242 e. The molecule has 2 aliphatic rings. The molecule has 4 nitrogen and oxygen atoms in total. The second kappa shape index (κ2) is 5.97. The Bertz CT molecular complexity index is 543. The Labute approximate surface area is 130 Å². The van der Waals surface area contributed by atoms with E-state index in [2.05, 4.69) is 17.1 Å². The topological polar surface area (TPSA) is 58.4 Å². The molecule has 1 aromatic rings. The fraction of sp³-hybridized carbons (Fsp3) is 0.588. The predicted molar refractivity (Wildman–Crippen MR) is 83.7 cm³/mol. The number of nitrogens with two attached hydrogens (primary N) is 1. The lowest BCUT2D eigenvalue weighted by Gasteiger charge is -2.29. The average Bonchev–Trinajstić information content (AvgIpc) is 3.23. The molecule has 3 N–H and O–H groups in total. The average molecular weight is 305 g/mol. The summed E-state index contributed by atoms with van der Waals surface area (Å²) in [6.07, 6.45) is 3.10. The summed E-state index contributed by atoms with van der Waals surface area (Å²) < 4.78 is 13.2. The summed E-state index contributed by atoms with van der Waals surface area (Å²) >= 11 is 0. The van der Waals surface area contributed by atoms with Crippen LogP contribution in [0.2, 0.25) is 0 Å². The zero-order valence-corrected chi connectivity index (χ0v) is 13.0. The summed E-state index contributed by atoms with van der Waals surface area (Å²) in [4.78, 5) is 14.9. The van der Waals surface area contributed by atoms with Crippen molar-refractivity contribution in [3.05, 3.63) is 35.6 Å². The lowest BCUT2D eigenvalue weighted by molar-refractivity contribution is -0.126. The maximum atomic E-state index is 13.2. The molecule has 0 spiro atoms. The molecule has 120 valence electrons. The van der Waals surface area contributed by atoms with E-state index in [0.29, 0.717) is 12.6 Å². The quantitative estimate of drug-likeness (QED) is 0.872. The van der Waals surface area contributed by atoms with E-state index in [4.69, 9.17) is 5.73 Å². The molecule has 3 rings (SSSR count). The smallest absolute Gasteiger partial charge is 0.242 e. The van der Waals surface area contributed by atoms with Crippen LogP contribution in [0.15, 0.2) is 24.3 Å². The van der Waals surface area contributed by atoms with Crippen molar-refractivity contribution in [2.45, 2.75) is 38.3 Å². The highest BCUT2D eigenvalue weighted by molar-refractivity contribution is 5.83. The van der Waals surface area contributed by atoms with E-state index >= 15 is 0 Å². The van der Waals surface area contributed by atoms with Gasteiger partial charge in [0, 0.05) is 12.6 Å². The van der Waals surface area contributed by atoms with Crippen molar-refractivity contribution in [1.82, 2.24) is 10.2 Å². The minimum absolute atomic E-state index is 0.0235. The summed E-state index contributed by atoms with van der Waals surface area (Å²) in [6, 6.07) is 6.24. The van der Waals surface area contributed by atoms with E-state index in [9.17, 15) is 9.18 Å². The highest BCUT2D eigenvalue weighted by Crippen LogP contribution is 2.35. The van der Waals surface area contributed by atoms with Crippen LogP contribution in [0.25, 0.3) is 0 Å². The highest BCUT2D eigenvalue weighted by Gasteiger charge is 2.40. The van der Waals surface area contributed by atoms with Gasteiger partial charge in [-0.2, -0.15) is 0 Å². The fourth-order valence-electron chi connectivity index (χ4n) is 3.13. The Hall–Kier alpha value is -1.46. The number of hydrogen-bond acceptors (Lipinski definition) is 3. The van der Waals surface area contributed by atoms with E-state index in [0.717, 1.165) is 37.9 Å². The van der Waals surface area contributed by atoms with Crippen LogP contribution in [0.1, 0.15) is 37.8 Å². The van der Waals surface area contributed by atoms with Crippen LogP contribution >= 0.6 is 0 Å². The summed E-state index contributed by atoms with van der Waals surface area (Å²) in [5.74, 6) is -0.256. The van der Waals surface area contributed by atoms with Crippen LogP contribution in [0.3, 0.4) is 0 Å². The molecule has 5 heteroatoms. The first-order valence-electron chi connectivity index (χ1n) is 8.01. The molecule has 1 saturated carbocycles.